The first-order valence-electron chi connectivity index (χ1n) is 4.47. The summed E-state index contributed by atoms with van der Waals surface area (Å²) in [7, 11) is -7.07. The van der Waals surface area contributed by atoms with E-state index in [1.165, 1.54) is 18.2 Å². The highest BCUT2D eigenvalue weighted by Crippen LogP contribution is 2.26. The topological polar surface area (TPSA) is 92.3 Å². The van der Waals surface area contributed by atoms with Gasteiger partial charge in [0.2, 0.25) is 20.0 Å². The maximum atomic E-state index is 11.2. The average molecular weight is 333 g/mol. The van der Waals surface area contributed by atoms with Crippen molar-refractivity contribution in [1.82, 2.24) is 0 Å². The molecule has 2 N–H and O–H groups in total. The predicted octanol–water partition coefficient (Wildman–Crippen LogP) is 1.65. The summed E-state index contributed by atoms with van der Waals surface area (Å²) < 4.78 is 48.8. The minimum absolute atomic E-state index is 0.0650. The van der Waals surface area contributed by atoms with Crippen LogP contribution >= 0.6 is 23.2 Å². The smallest absolute Gasteiger partial charge is 0.246 e. The molecule has 0 aliphatic heterocycles. The molecule has 10 heteroatoms. The van der Waals surface area contributed by atoms with Gasteiger partial charge in [-0.2, -0.15) is 0 Å². The molecule has 0 aliphatic rings. The Morgan fingerprint density at radius 2 is 1.78 bits per heavy atom. The molecule has 0 bridgehead atoms. The molecule has 0 heterocycles. The van der Waals surface area contributed by atoms with Crippen LogP contribution < -0.4 is 9.44 Å². The number of hydrogen-bond donors (Lipinski definition) is 2. The zero-order valence-corrected chi connectivity index (χ0v) is 12.3. The molecule has 0 unspecified atom stereocenters. The molecule has 0 radical (unpaired) electrons. The van der Waals surface area contributed by atoms with Gasteiger partial charge in [0.15, 0.2) is 0 Å². The SMILES string of the molecule is CS(=O)(=O)Nc1ccc(NS(=O)(=O)CCl)cc1Cl. The number of nitrogens with one attached hydrogen (secondary N) is 2. The minimum Gasteiger partial charge on any atom is -0.283 e. The van der Waals surface area contributed by atoms with Crippen molar-refractivity contribution in [2.45, 2.75) is 0 Å². The van der Waals surface area contributed by atoms with E-state index >= 15 is 0 Å². The molecule has 0 amide bonds. The Morgan fingerprint density at radius 1 is 1.17 bits per heavy atom. The number of benzene rings is 1. The number of sulfonamides is 2. The molecule has 102 valence electrons. The lowest BCUT2D eigenvalue weighted by molar-refractivity contribution is 0.604. The van der Waals surface area contributed by atoms with Gasteiger partial charge in [-0.15, -0.1) is 11.6 Å². The molecule has 0 fully saturated rings. The van der Waals surface area contributed by atoms with Crippen molar-refractivity contribution >= 4 is 54.6 Å². The normalized spacial score (nSPS) is 12.2. The Kier molecular flexibility index (Phi) is 4.71. The maximum absolute atomic E-state index is 11.2. The van der Waals surface area contributed by atoms with E-state index in [9.17, 15) is 16.8 Å². The molecule has 1 aromatic carbocycles. The molecule has 0 saturated carbocycles. The van der Waals surface area contributed by atoms with Crippen molar-refractivity contribution in [2.24, 2.45) is 0 Å². The fourth-order valence-corrected chi connectivity index (χ4v) is 2.63. The van der Waals surface area contributed by atoms with Crippen LogP contribution in [0.4, 0.5) is 11.4 Å². The average Bonchev–Trinajstić information content (AvgIpc) is 2.20. The van der Waals surface area contributed by atoms with E-state index in [2.05, 4.69) is 9.44 Å². The highest BCUT2D eigenvalue weighted by atomic mass is 35.5. The Morgan fingerprint density at radius 3 is 2.22 bits per heavy atom. The van der Waals surface area contributed by atoms with Crippen LogP contribution in [-0.2, 0) is 20.0 Å². The van der Waals surface area contributed by atoms with E-state index in [0.717, 1.165) is 6.26 Å². The van der Waals surface area contributed by atoms with E-state index < -0.39 is 25.3 Å². The lowest BCUT2D eigenvalue weighted by Crippen LogP contribution is -2.14. The van der Waals surface area contributed by atoms with E-state index in [1.54, 1.807) is 0 Å². The zero-order valence-electron chi connectivity index (χ0n) is 9.14. The van der Waals surface area contributed by atoms with E-state index in [4.69, 9.17) is 23.2 Å². The summed E-state index contributed by atoms with van der Waals surface area (Å²) in [6.07, 6.45) is 0.980. The van der Waals surface area contributed by atoms with Crippen LogP contribution in [0.1, 0.15) is 0 Å². The molecule has 0 spiro atoms. The van der Waals surface area contributed by atoms with E-state index in [-0.39, 0.29) is 16.4 Å². The molecule has 0 aliphatic carbocycles. The van der Waals surface area contributed by atoms with Crippen LogP contribution in [0.25, 0.3) is 0 Å². The van der Waals surface area contributed by atoms with Crippen LogP contribution in [0.3, 0.4) is 0 Å². The Hall–Kier alpha value is -0.700. The second-order valence-electron chi connectivity index (χ2n) is 3.39. The third kappa shape index (κ3) is 4.89. The minimum atomic E-state index is -3.62. The van der Waals surface area contributed by atoms with Crippen LogP contribution in [0.2, 0.25) is 5.02 Å². The van der Waals surface area contributed by atoms with Crippen LogP contribution in [0.15, 0.2) is 18.2 Å². The molecule has 1 aromatic rings. The number of halogens is 2. The first-order valence-corrected chi connectivity index (χ1v) is 8.92. The van der Waals surface area contributed by atoms with Crippen molar-refractivity contribution in [3.05, 3.63) is 23.2 Å². The summed E-state index contributed by atoms with van der Waals surface area (Å²) in [5, 5.41) is -0.524. The fraction of sp³-hybridized carbons (Fsp3) is 0.250. The third-order valence-corrected chi connectivity index (χ3v) is 4.28. The van der Waals surface area contributed by atoms with Crippen molar-refractivity contribution in [2.75, 3.05) is 20.9 Å². The van der Waals surface area contributed by atoms with Gasteiger partial charge in [-0.25, -0.2) is 16.8 Å². The first kappa shape index (κ1) is 15.4. The van der Waals surface area contributed by atoms with Crippen LogP contribution in [0.5, 0.6) is 0 Å². The van der Waals surface area contributed by atoms with E-state index in [0.29, 0.717) is 0 Å². The van der Waals surface area contributed by atoms with Gasteiger partial charge in [-0.05, 0) is 18.2 Å². The van der Waals surface area contributed by atoms with Crippen molar-refractivity contribution in [3.63, 3.8) is 0 Å². The highest BCUT2D eigenvalue weighted by molar-refractivity contribution is 7.93. The molecule has 0 atom stereocenters. The summed E-state index contributed by atoms with van der Waals surface area (Å²) in [5.41, 5.74) is 0.354. The molecule has 1 rings (SSSR count). The lowest BCUT2D eigenvalue weighted by Gasteiger charge is -2.09. The fourth-order valence-electron chi connectivity index (χ4n) is 1.07. The van der Waals surface area contributed by atoms with Gasteiger partial charge in [0, 0.05) is 0 Å². The van der Waals surface area contributed by atoms with Crippen molar-refractivity contribution in [1.29, 1.82) is 0 Å². The maximum Gasteiger partial charge on any atom is 0.246 e. The molecular formula is C8H10Cl2N2O4S2. The van der Waals surface area contributed by atoms with E-state index in [1.807, 2.05) is 0 Å². The lowest BCUT2D eigenvalue weighted by atomic mass is 10.3. The summed E-state index contributed by atoms with van der Waals surface area (Å²) in [6.45, 7) is 0. The van der Waals surface area contributed by atoms with Crippen molar-refractivity contribution in [3.8, 4) is 0 Å². The quantitative estimate of drug-likeness (QED) is 0.802. The Balaban J connectivity index is 3.00. The van der Waals surface area contributed by atoms with Gasteiger partial charge in [-0.3, -0.25) is 9.44 Å². The second-order valence-corrected chi connectivity index (χ2v) is 7.86. The highest BCUT2D eigenvalue weighted by Gasteiger charge is 2.11. The van der Waals surface area contributed by atoms with Gasteiger partial charge in [0.1, 0.15) is 5.21 Å². The summed E-state index contributed by atoms with van der Waals surface area (Å²) >= 11 is 11.0. The summed E-state index contributed by atoms with van der Waals surface area (Å²) in [5.74, 6) is 0. The second kappa shape index (κ2) is 5.52. The standard InChI is InChI=1S/C8H10Cl2N2O4S2/c1-17(13,14)12-8-3-2-6(4-7(8)10)11-18(15,16)5-9/h2-4,11-12H,5H2,1H3. The third-order valence-electron chi connectivity index (χ3n) is 1.68. The van der Waals surface area contributed by atoms with Crippen LogP contribution in [0, 0.1) is 0 Å². The number of rotatable bonds is 5. The molecule has 0 saturated heterocycles. The number of anilines is 2. The van der Waals surface area contributed by atoms with Crippen LogP contribution in [-0.4, -0.2) is 28.3 Å². The zero-order chi connectivity index (χ0) is 14.0. The molecule has 6 nitrogen and oxygen atoms in total. The Labute approximate surface area is 115 Å². The van der Waals surface area contributed by atoms with Gasteiger partial charge >= 0.3 is 0 Å². The molecule has 0 aromatic heterocycles. The predicted molar refractivity (Wildman–Crippen MR) is 73.2 cm³/mol. The summed E-state index contributed by atoms with van der Waals surface area (Å²) in [4.78, 5) is 0. The largest absolute Gasteiger partial charge is 0.283 e. The van der Waals surface area contributed by atoms with Crippen molar-refractivity contribution < 1.29 is 16.8 Å². The van der Waals surface area contributed by atoms with Gasteiger partial charge < -0.3 is 0 Å². The molecule has 18 heavy (non-hydrogen) atoms. The summed E-state index contributed by atoms with van der Waals surface area (Å²) in [6, 6.07) is 3.98. The van der Waals surface area contributed by atoms with Gasteiger partial charge in [0.25, 0.3) is 0 Å². The first-order chi connectivity index (χ1) is 8.13. The molecular weight excluding hydrogens is 323 g/mol. The van der Waals surface area contributed by atoms with Gasteiger partial charge in [0.05, 0.1) is 22.7 Å². The Bertz CT molecular complexity index is 643. The monoisotopic (exact) mass is 332 g/mol. The van der Waals surface area contributed by atoms with Gasteiger partial charge in [-0.1, -0.05) is 11.6 Å². The number of hydrogen-bond acceptors (Lipinski definition) is 4. The number of alkyl halides is 1.